The molecule has 0 aliphatic rings. The van der Waals surface area contributed by atoms with Crippen LogP contribution in [0.5, 0.6) is 0 Å². The first-order chi connectivity index (χ1) is 10.1. The Labute approximate surface area is 126 Å². The molecule has 0 unspecified atom stereocenters. The number of nitrogens with one attached hydrogen (secondary N) is 1. The fourth-order valence-electron chi connectivity index (χ4n) is 2.09. The van der Waals surface area contributed by atoms with Crippen LogP contribution in [0.4, 0.5) is 5.69 Å². The van der Waals surface area contributed by atoms with E-state index in [0.29, 0.717) is 6.54 Å². The van der Waals surface area contributed by atoms with Gasteiger partial charge in [0.05, 0.1) is 6.54 Å². The largest absolute Gasteiger partial charge is 0.376 e. The average molecular weight is 282 g/mol. The maximum atomic E-state index is 12.1. The van der Waals surface area contributed by atoms with Crippen molar-refractivity contribution in [3.05, 3.63) is 54.6 Å². The van der Waals surface area contributed by atoms with E-state index in [-0.39, 0.29) is 11.9 Å². The van der Waals surface area contributed by atoms with Gasteiger partial charge in [-0.05, 0) is 25.5 Å². The topological polar surface area (TPSA) is 32.3 Å². The SMILES string of the molecule is CC(C)N(C)C(=O)CNc1ccccc1-c1ccccc1. The molecule has 0 atom stereocenters. The molecule has 0 fully saturated rings. The fraction of sp³-hybridized carbons (Fsp3) is 0.278. The summed E-state index contributed by atoms with van der Waals surface area (Å²) in [6, 6.07) is 18.4. The smallest absolute Gasteiger partial charge is 0.241 e. The first-order valence-electron chi connectivity index (χ1n) is 7.23. The highest BCUT2D eigenvalue weighted by Gasteiger charge is 2.12. The number of hydrogen-bond acceptors (Lipinski definition) is 2. The van der Waals surface area contributed by atoms with Crippen LogP contribution in [0.15, 0.2) is 54.6 Å². The monoisotopic (exact) mass is 282 g/mol. The van der Waals surface area contributed by atoms with Crippen molar-refractivity contribution in [1.82, 2.24) is 4.90 Å². The summed E-state index contributed by atoms with van der Waals surface area (Å²) in [6.45, 7) is 4.32. The van der Waals surface area contributed by atoms with Crippen molar-refractivity contribution in [2.45, 2.75) is 19.9 Å². The van der Waals surface area contributed by atoms with Crippen LogP contribution in [0.2, 0.25) is 0 Å². The Hall–Kier alpha value is -2.29. The van der Waals surface area contributed by atoms with Gasteiger partial charge in [0, 0.05) is 24.3 Å². The Morgan fingerprint density at radius 2 is 1.67 bits per heavy atom. The van der Waals surface area contributed by atoms with Crippen LogP contribution in [-0.2, 0) is 4.79 Å². The molecule has 0 saturated carbocycles. The van der Waals surface area contributed by atoms with Crippen molar-refractivity contribution in [3.8, 4) is 11.1 Å². The number of carbonyl (C=O) groups excluding carboxylic acids is 1. The molecule has 0 aliphatic carbocycles. The molecular weight excluding hydrogens is 260 g/mol. The minimum Gasteiger partial charge on any atom is -0.376 e. The summed E-state index contributed by atoms with van der Waals surface area (Å²) in [6.07, 6.45) is 0. The van der Waals surface area contributed by atoms with Gasteiger partial charge in [-0.3, -0.25) is 4.79 Å². The highest BCUT2D eigenvalue weighted by Crippen LogP contribution is 2.27. The molecule has 0 aromatic heterocycles. The van der Waals surface area contributed by atoms with Gasteiger partial charge in [-0.1, -0.05) is 48.5 Å². The number of rotatable bonds is 5. The lowest BCUT2D eigenvalue weighted by molar-refractivity contribution is -0.129. The number of anilines is 1. The van der Waals surface area contributed by atoms with Gasteiger partial charge in [0.25, 0.3) is 0 Å². The molecule has 1 amide bonds. The Kier molecular flexibility index (Phi) is 4.99. The summed E-state index contributed by atoms with van der Waals surface area (Å²) in [7, 11) is 1.83. The van der Waals surface area contributed by atoms with Crippen molar-refractivity contribution in [2.24, 2.45) is 0 Å². The van der Waals surface area contributed by atoms with Crippen LogP contribution >= 0.6 is 0 Å². The third-order valence-corrected chi connectivity index (χ3v) is 3.61. The third-order valence-electron chi connectivity index (χ3n) is 3.61. The van der Waals surface area contributed by atoms with Gasteiger partial charge in [-0.2, -0.15) is 0 Å². The minimum absolute atomic E-state index is 0.0906. The van der Waals surface area contributed by atoms with Gasteiger partial charge in [0.1, 0.15) is 0 Å². The number of hydrogen-bond donors (Lipinski definition) is 1. The molecule has 0 bridgehead atoms. The number of likely N-dealkylation sites (N-methyl/N-ethyl adjacent to an activating group) is 1. The van der Waals surface area contributed by atoms with E-state index in [1.165, 1.54) is 0 Å². The molecule has 0 saturated heterocycles. The lowest BCUT2D eigenvalue weighted by atomic mass is 10.0. The van der Waals surface area contributed by atoms with E-state index in [2.05, 4.69) is 23.5 Å². The van der Waals surface area contributed by atoms with Gasteiger partial charge >= 0.3 is 0 Å². The van der Waals surface area contributed by atoms with Gasteiger partial charge in [-0.15, -0.1) is 0 Å². The number of para-hydroxylation sites is 1. The second kappa shape index (κ2) is 6.93. The zero-order valence-corrected chi connectivity index (χ0v) is 12.8. The standard InChI is InChI=1S/C18H22N2O/c1-14(2)20(3)18(21)13-19-17-12-8-7-11-16(17)15-9-5-4-6-10-15/h4-12,14,19H,13H2,1-3H3. The van der Waals surface area contributed by atoms with Gasteiger partial charge in [-0.25, -0.2) is 0 Å². The summed E-state index contributed by atoms with van der Waals surface area (Å²) in [4.78, 5) is 13.8. The van der Waals surface area contributed by atoms with E-state index in [9.17, 15) is 4.79 Å². The van der Waals surface area contributed by atoms with E-state index in [4.69, 9.17) is 0 Å². The number of nitrogens with zero attached hydrogens (tertiary/aromatic N) is 1. The van der Waals surface area contributed by atoms with Crippen molar-refractivity contribution in [1.29, 1.82) is 0 Å². The van der Waals surface area contributed by atoms with Crippen LogP contribution in [0, 0.1) is 0 Å². The molecule has 3 nitrogen and oxygen atoms in total. The normalized spacial score (nSPS) is 10.5. The molecule has 0 aliphatic heterocycles. The molecule has 2 aromatic rings. The van der Waals surface area contributed by atoms with Crippen molar-refractivity contribution >= 4 is 11.6 Å². The van der Waals surface area contributed by atoms with Crippen LogP contribution in [0.25, 0.3) is 11.1 Å². The molecule has 2 rings (SSSR count). The Bertz CT molecular complexity index is 593. The summed E-state index contributed by atoms with van der Waals surface area (Å²) >= 11 is 0. The summed E-state index contributed by atoms with van der Waals surface area (Å²) in [5.74, 6) is 0.0906. The van der Waals surface area contributed by atoms with E-state index >= 15 is 0 Å². The fourth-order valence-corrected chi connectivity index (χ4v) is 2.09. The zero-order chi connectivity index (χ0) is 15.2. The van der Waals surface area contributed by atoms with Crippen LogP contribution in [-0.4, -0.2) is 30.4 Å². The van der Waals surface area contributed by atoms with Crippen LogP contribution in [0.1, 0.15) is 13.8 Å². The number of benzene rings is 2. The minimum atomic E-state index is 0.0906. The van der Waals surface area contributed by atoms with E-state index in [0.717, 1.165) is 16.8 Å². The van der Waals surface area contributed by atoms with Crippen LogP contribution in [0.3, 0.4) is 0 Å². The second-order valence-corrected chi connectivity index (χ2v) is 5.36. The lowest BCUT2D eigenvalue weighted by Crippen LogP contribution is -2.37. The van der Waals surface area contributed by atoms with E-state index in [1.807, 2.05) is 57.3 Å². The molecule has 0 heterocycles. The summed E-state index contributed by atoms with van der Waals surface area (Å²) < 4.78 is 0. The molecular formula is C18H22N2O. The quantitative estimate of drug-likeness (QED) is 0.908. The van der Waals surface area contributed by atoms with Crippen LogP contribution < -0.4 is 5.32 Å². The van der Waals surface area contributed by atoms with Gasteiger partial charge < -0.3 is 10.2 Å². The lowest BCUT2D eigenvalue weighted by Gasteiger charge is -2.22. The first kappa shape index (κ1) is 15.1. The second-order valence-electron chi connectivity index (χ2n) is 5.36. The average Bonchev–Trinajstić information content (AvgIpc) is 2.52. The van der Waals surface area contributed by atoms with E-state index < -0.39 is 0 Å². The molecule has 1 N–H and O–H groups in total. The Balaban J connectivity index is 2.13. The van der Waals surface area contributed by atoms with Crippen molar-refractivity contribution in [3.63, 3.8) is 0 Å². The first-order valence-corrected chi connectivity index (χ1v) is 7.23. The highest BCUT2D eigenvalue weighted by atomic mass is 16.2. The zero-order valence-electron chi connectivity index (χ0n) is 12.8. The molecule has 0 spiro atoms. The Morgan fingerprint density at radius 1 is 1.05 bits per heavy atom. The maximum Gasteiger partial charge on any atom is 0.241 e. The molecule has 2 aromatic carbocycles. The maximum absolute atomic E-state index is 12.1. The predicted molar refractivity (Wildman–Crippen MR) is 88.3 cm³/mol. The van der Waals surface area contributed by atoms with Gasteiger partial charge in [0.15, 0.2) is 0 Å². The molecule has 21 heavy (non-hydrogen) atoms. The third kappa shape index (κ3) is 3.85. The summed E-state index contributed by atoms with van der Waals surface area (Å²) in [5, 5.41) is 3.26. The molecule has 0 radical (unpaired) electrons. The predicted octanol–water partition coefficient (Wildman–Crippen LogP) is 3.63. The Morgan fingerprint density at radius 3 is 2.33 bits per heavy atom. The molecule has 110 valence electrons. The molecule has 3 heteroatoms. The van der Waals surface area contributed by atoms with Crippen molar-refractivity contribution < 1.29 is 4.79 Å². The van der Waals surface area contributed by atoms with Gasteiger partial charge in [0.2, 0.25) is 5.91 Å². The highest BCUT2D eigenvalue weighted by molar-refractivity contribution is 5.84. The number of carbonyl (C=O) groups is 1. The van der Waals surface area contributed by atoms with E-state index in [1.54, 1.807) is 4.90 Å². The van der Waals surface area contributed by atoms with Crippen molar-refractivity contribution in [2.75, 3.05) is 18.9 Å². The summed E-state index contributed by atoms with van der Waals surface area (Å²) in [5.41, 5.74) is 3.23. The number of amides is 1.